The Morgan fingerprint density at radius 2 is 2.06 bits per heavy atom. The van der Waals surface area contributed by atoms with E-state index in [4.69, 9.17) is 5.11 Å². The molecule has 0 aliphatic carbocycles. The quantitative estimate of drug-likeness (QED) is 0.850. The number of aromatic carboxylic acids is 1. The number of hydrogen-bond acceptors (Lipinski definition) is 4. The van der Waals surface area contributed by atoms with Gasteiger partial charge in [0.05, 0.1) is 5.69 Å². The van der Waals surface area contributed by atoms with Gasteiger partial charge in [-0.05, 0) is 19.4 Å². The summed E-state index contributed by atoms with van der Waals surface area (Å²) < 4.78 is 28.4. The molecule has 0 saturated carbocycles. The topological polar surface area (TPSA) is 72.3 Å². The number of halogens is 2. The van der Waals surface area contributed by atoms with Crippen molar-refractivity contribution >= 4 is 5.97 Å². The van der Waals surface area contributed by atoms with E-state index in [-0.39, 0.29) is 11.4 Å². The smallest absolute Gasteiger partial charge is 0.341 e. The van der Waals surface area contributed by atoms with Crippen LogP contribution in [0.2, 0.25) is 0 Å². The van der Waals surface area contributed by atoms with E-state index in [1.807, 2.05) is 0 Å². The van der Waals surface area contributed by atoms with Crippen LogP contribution in [-0.2, 0) is 0 Å². The molecule has 0 aromatic carbocycles. The van der Waals surface area contributed by atoms with Crippen LogP contribution in [0, 0.1) is 13.8 Å². The van der Waals surface area contributed by atoms with Crippen molar-refractivity contribution in [3.05, 3.63) is 16.8 Å². The third-order valence-electron chi connectivity index (χ3n) is 1.98. The summed E-state index contributed by atoms with van der Waals surface area (Å²) in [4.78, 5) is 10.9. The molecule has 0 radical (unpaired) electrons. The van der Waals surface area contributed by atoms with Crippen molar-refractivity contribution in [3.63, 3.8) is 0 Å². The van der Waals surface area contributed by atoms with Crippen molar-refractivity contribution in [2.24, 2.45) is 0 Å². The molecular weight excluding hydrogens is 222 g/mol. The SMILES string of the molecule is Cc1nnc(OCC(F)F)c(C(=O)O)c1C. The van der Waals surface area contributed by atoms with Crippen LogP contribution in [0.25, 0.3) is 0 Å². The highest BCUT2D eigenvalue weighted by molar-refractivity contribution is 5.91. The number of aryl methyl sites for hydroxylation is 1. The molecule has 1 rings (SSSR count). The number of alkyl halides is 2. The molecule has 16 heavy (non-hydrogen) atoms. The lowest BCUT2D eigenvalue weighted by molar-refractivity contribution is 0.0652. The summed E-state index contributed by atoms with van der Waals surface area (Å²) in [5, 5.41) is 16.0. The van der Waals surface area contributed by atoms with Crippen LogP contribution in [0.5, 0.6) is 5.88 Å². The minimum Gasteiger partial charge on any atom is -0.477 e. The number of ether oxygens (including phenoxy) is 1. The summed E-state index contributed by atoms with van der Waals surface area (Å²) >= 11 is 0. The standard InChI is InChI=1S/C9H10F2N2O3/c1-4-5(2)12-13-8(7(4)9(14)15)16-3-6(10)11/h6H,3H2,1-2H3,(H,14,15). The molecule has 0 spiro atoms. The van der Waals surface area contributed by atoms with Crippen LogP contribution in [0.1, 0.15) is 21.6 Å². The summed E-state index contributed by atoms with van der Waals surface area (Å²) in [5.41, 5.74) is 0.543. The molecule has 5 nitrogen and oxygen atoms in total. The number of carboxylic acids is 1. The molecule has 0 atom stereocenters. The fourth-order valence-electron chi connectivity index (χ4n) is 1.08. The molecule has 0 fully saturated rings. The van der Waals surface area contributed by atoms with Gasteiger partial charge in [0.15, 0.2) is 6.61 Å². The van der Waals surface area contributed by atoms with E-state index < -0.39 is 19.0 Å². The highest BCUT2D eigenvalue weighted by Crippen LogP contribution is 2.20. The zero-order valence-electron chi connectivity index (χ0n) is 8.70. The number of aromatic nitrogens is 2. The minimum absolute atomic E-state index is 0.229. The Kier molecular flexibility index (Phi) is 3.70. The first-order valence-electron chi connectivity index (χ1n) is 4.41. The highest BCUT2D eigenvalue weighted by atomic mass is 19.3. The Morgan fingerprint density at radius 3 is 2.56 bits per heavy atom. The summed E-state index contributed by atoms with van der Waals surface area (Å²) in [5.74, 6) is -1.66. The van der Waals surface area contributed by atoms with Crippen molar-refractivity contribution in [1.29, 1.82) is 0 Å². The normalized spacial score (nSPS) is 10.6. The number of hydrogen-bond donors (Lipinski definition) is 1. The third-order valence-corrected chi connectivity index (χ3v) is 1.98. The van der Waals surface area contributed by atoms with Crippen molar-refractivity contribution < 1.29 is 23.4 Å². The summed E-state index contributed by atoms with van der Waals surface area (Å²) in [6.45, 7) is 2.19. The Labute approximate surface area is 90.1 Å². The lowest BCUT2D eigenvalue weighted by atomic mass is 10.1. The lowest BCUT2D eigenvalue weighted by Gasteiger charge is -2.09. The van der Waals surface area contributed by atoms with Crippen molar-refractivity contribution in [1.82, 2.24) is 10.2 Å². The van der Waals surface area contributed by atoms with Gasteiger partial charge in [-0.2, -0.15) is 5.10 Å². The van der Waals surface area contributed by atoms with Gasteiger partial charge in [0, 0.05) is 0 Å². The van der Waals surface area contributed by atoms with Gasteiger partial charge in [0.1, 0.15) is 5.56 Å². The zero-order chi connectivity index (χ0) is 12.3. The van der Waals surface area contributed by atoms with Crippen molar-refractivity contribution in [3.8, 4) is 5.88 Å². The lowest BCUT2D eigenvalue weighted by Crippen LogP contribution is -2.14. The molecule has 1 aromatic heterocycles. The zero-order valence-corrected chi connectivity index (χ0v) is 8.70. The van der Waals surface area contributed by atoms with Crippen LogP contribution >= 0.6 is 0 Å². The average Bonchev–Trinajstić information content (AvgIpc) is 2.19. The van der Waals surface area contributed by atoms with Gasteiger partial charge in [-0.25, -0.2) is 13.6 Å². The van der Waals surface area contributed by atoms with E-state index in [1.165, 1.54) is 6.92 Å². The van der Waals surface area contributed by atoms with Gasteiger partial charge < -0.3 is 9.84 Å². The van der Waals surface area contributed by atoms with E-state index in [2.05, 4.69) is 14.9 Å². The van der Waals surface area contributed by atoms with Gasteiger partial charge in [0.2, 0.25) is 5.88 Å². The molecule has 0 aliphatic heterocycles. The maximum absolute atomic E-state index is 11.9. The third kappa shape index (κ3) is 2.62. The fourth-order valence-corrected chi connectivity index (χ4v) is 1.08. The van der Waals surface area contributed by atoms with E-state index in [1.54, 1.807) is 6.92 Å². The average molecular weight is 232 g/mol. The molecule has 0 amide bonds. The number of carbonyl (C=O) groups is 1. The Balaban J connectivity index is 3.08. The van der Waals surface area contributed by atoms with Crippen LogP contribution < -0.4 is 4.74 Å². The highest BCUT2D eigenvalue weighted by Gasteiger charge is 2.19. The van der Waals surface area contributed by atoms with E-state index >= 15 is 0 Å². The molecule has 0 bridgehead atoms. The Bertz CT molecular complexity index is 410. The van der Waals surface area contributed by atoms with Crippen molar-refractivity contribution in [2.45, 2.75) is 20.3 Å². The van der Waals surface area contributed by atoms with Gasteiger partial charge in [-0.3, -0.25) is 0 Å². The maximum atomic E-state index is 11.9. The van der Waals surface area contributed by atoms with Crippen LogP contribution in [0.4, 0.5) is 8.78 Å². The first-order valence-corrected chi connectivity index (χ1v) is 4.41. The molecule has 0 unspecified atom stereocenters. The Hall–Kier alpha value is -1.79. The first kappa shape index (κ1) is 12.3. The van der Waals surface area contributed by atoms with Gasteiger partial charge in [0.25, 0.3) is 6.43 Å². The predicted molar refractivity (Wildman–Crippen MR) is 50.0 cm³/mol. The minimum atomic E-state index is -2.69. The molecule has 1 heterocycles. The summed E-state index contributed by atoms with van der Waals surface area (Å²) in [7, 11) is 0. The largest absolute Gasteiger partial charge is 0.477 e. The number of carboxylic acid groups (broad SMARTS) is 1. The van der Waals surface area contributed by atoms with E-state index in [9.17, 15) is 13.6 Å². The van der Waals surface area contributed by atoms with Crippen LogP contribution in [0.15, 0.2) is 0 Å². The van der Waals surface area contributed by atoms with Crippen LogP contribution in [-0.4, -0.2) is 34.3 Å². The number of rotatable bonds is 4. The predicted octanol–water partition coefficient (Wildman–Crippen LogP) is 1.44. The molecule has 88 valence electrons. The molecule has 0 aliphatic rings. The van der Waals surface area contributed by atoms with Crippen LogP contribution in [0.3, 0.4) is 0 Å². The van der Waals surface area contributed by atoms with Gasteiger partial charge in [-0.1, -0.05) is 0 Å². The molecule has 0 saturated heterocycles. The molecule has 1 aromatic rings. The summed E-state index contributed by atoms with van der Waals surface area (Å²) in [6.07, 6.45) is -2.69. The number of nitrogens with zero attached hydrogens (tertiary/aromatic N) is 2. The second-order valence-corrected chi connectivity index (χ2v) is 3.10. The second kappa shape index (κ2) is 4.82. The second-order valence-electron chi connectivity index (χ2n) is 3.10. The van der Waals surface area contributed by atoms with Gasteiger partial charge >= 0.3 is 5.97 Å². The van der Waals surface area contributed by atoms with E-state index in [0.29, 0.717) is 11.3 Å². The molecular formula is C9H10F2N2O3. The first-order chi connectivity index (χ1) is 7.43. The molecule has 1 N–H and O–H groups in total. The van der Waals surface area contributed by atoms with Crippen molar-refractivity contribution in [2.75, 3.05) is 6.61 Å². The maximum Gasteiger partial charge on any atom is 0.341 e. The Morgan fingerprint density at radius 1 is 1.44 bits per heavy atom. The monoisotopic (exact) mass is 232 g/mol. The summed E-state index contributed by atoms with van der Waals surface area (Å²) in [6, 6.07) is 0. The molecule has 7 heteroatoms. The fraction of sp³-hybridized carbons (Fsp3) is 0.444. The van der Waals surface area contributed by atoms with E-state index in [0.717, 1.165) is 0 Å². The van der Waals surface area contributed by atoms with Gasteiger partial charge in [-0.15, -0.1) is 5.10 Å².